The Morgan fingerprint density at radius 3 is 2.00 bits per heavy atom. The second kappa shape index (κ2) is 4.71. The van der Waals surface area contributed by atoms with E-state index >= 15 is 0 Å². The molecule has 0 aliphatic carbocycles. The molecule has 18 heavy (non-hydrogen) atoms. The molecule has 3 aromatic rings. The van der Waals surface area contributed by atoms with Gasteiger partial charge in [-0.1, -0.05) is 17.1 Å². The maximum atomic E-state index is 4.53. The quantitative estimate of drug-likeness (QED) is 0.623. The van der Waals surface area contributed by atoms with E-state index in [1.54, 1.807) is 6.20 Å². The summed E-state index contributed by atoms with van der Waals surface area (Å²) in [6.45, 7) is 0. The van der Waals surface area contributed by atoms with Gasteiger partial charge in [-0.25, -0.2) is 9.13 Å². The van der Waals surface area contributed by atoms with Crippen LogP contribution in [0, 0.1) is 0 Å². The summed E-state index contributed by atoms with van der Waals surface area (Å²) in [7, 11) is 0. The van der Waals surface area contributed by atoms with Crippen LogP contribution in [0.2, 0.25) is 0 Å². The maximum Gasteiger partial charge on any atom is 0.441 e. The molecule has 0 aromatic carbocycles. The zero-order valence-corrected chi connectivity index (χ0v) is 9.72. The van der Waals surface area contributed by atoms with Gasteiger partial charge < -0.3 is 0 Å². The van der Waals surface area contributed by atoms with Gasteiger partial charge in [0.15, 0.2) is 0 Å². The van der Waals surface area contributed by atoms with Gasteiger partial charge in [0.1, 0.15) is 6.20 Å². The van der Waals surface area contributed by atoms with Crippen LogP contribution >= 0.6 is 0 Å². The van der Waals surface area contributed by atoms with Crippen LogP contribution in [0.5, 0.6) is 0 Å². The third kappa shape index (κ3) is 2.08. The Balaban J connectivity index is 2.05. The summed E-state index contributed by atoms with van der Waals surface area (Å²) < 4.78 is 3.84. The van der Waals surface area contributed by atoms with Crippen molar-refractivity contribution >= 4 is 0 Å². The van der Waals surface area contributed by atoms with Crippen LogP contribution in [-0.4, -0.2) is 9.97 Å². The molecule has 0 radical (unpaired) electrons. The fourth-order valence-electron chi connectivity index (χ4n) is 1.69. The molecule has 0 N–H and O–H groups in total. The molecule has 0 saturated carbocycles. The van der Waals surface area contributed by atoms with E-state index in [0.717, 1.165) is 5.82 Å². The lowest BCUT2D eigenvalue weighted by Crippen LogP contribution is -2.36. The molecular formula is C14H12N4+2. The zero-order valence-electron chi connectivity index (χ0n) is 9.72. The summed E-state index contributed by atoms with van der Waals surface area (Å²) in [4.78, 5) is 8.80. The van der Waals surface area contributed by atoms with Gasteiger partial charge in [0, 0.05) is 0 Å². The first-order valence-corrected chi connectivity index (χ1v) is 5.70. The molecule has 0 unspecified atom stereocenters. The summed E-state index contributed by atoms with van der Waals surface area (Å²) in [6.07, 6.45) is 9.53. The van der Waals surface area contributed by atoms with E-state index in [1.165, 1.54) is 0 Å². The average molecular weight is 236 g/mol. The maximum absolute atomic E-state index is 4.53. The number of aromatic nitrogens is 4. The van der Waals surface area contributed by atoms with Crippen LogP contribution in [0.3, 0.4) is 0 Å². The first kappa shape index (κ1) is 10.5. The number of hydrogen-bond donors (Lipinski definition) is 0. The lowest BCUT2D eigenvalue weighted by Gasteiger charge is -1.96. The van der Waals surface area contributed by atoms with Crippen molar-refractivity contribution in [1.82, 2.24) is 9.97 Å². The molecule has 0 saturated heterocycles. The van der Waals surface area contributed by atoms with Gasteiger partial charge in [-0.2, -0.15) is 0 Å². The summed E-state index contributed by atoms with van der Waals surface area (Å²) in [5, 5.41) is 0. The highest BCUT2D eigenvalue weighted by Gasteiger charge is 2.13. The van der Waals surface area contributed by atoms with Crippen LogP contribution in [0.25, 0.3) is 11.8 Å². The van der Waals surface area contributed by atoms with Crippen LogP contribution < -0.4 is 9.13 Å². The van der Waals surface area contributed by atoms with Crippen molar-refractivity contribution in [3.8, 4) is 11.8 Å². The largest absolute Gasteiger partial charge is 0.441 e. The molecule has 3 aromatic heterocycles. The van der Waals surface area contributed by atoms with Gasteiger partial charge >= 0.3 is 11.8 Å². The van der Waals surface area contributed by atoms with Gasteiger partial charge in [-0.15, -0.1) is 0 Å². The third-order valence-corrected chi connectivity index (χ3v) is 2.55. The van der Waals surface area contributed by atoms with Gasteiger partial charge in [0.25, 0.3) is 0 Å². The van der Waals surface area contributed by atoms with E-state index in [4.69, 9.17) is 0 Å². The molecule has 0 aliphatic rings. The van der Waals surface area contributed by atoms with Gasteiger partial charge in [0.05, 0.1) is 30.9 Å². The van der Waals surface area contributed by atoms with Crippen molar-refractivity contribution in [2.45, 2.75) is 0 Å². The van der Waals surface area contributed by atoms with E-state index in [-0.39, 0.29) is 0 Å². The Morgan fingerprint density at radius 1 is 0.722 bits per heavy atom. The predicted molar refractivity (Wildman–Crippen MR) is 65.1 cm³/mol. The topological polar surface area (TPSA) is 33.5 Å². The molecule has 0 atom stereocenters. The highest BCUT2D eigenvalue weighted by Crippen LogP contribution is 1.95. The average Bonchev–Trinajstić information content (AvgIpc) is 2.49. The molecule has 3 heterocycles. The Bertz CT molecular complexity index is 583. The first-order chi connectivity index (χ1) is 8.93. The predicted octanol–water partition coefficient (Wildman–Crippen LogP) is 1.03. The van der Waals surface area contributed by atoms with Crippen molar-refractivity contribution in [1.29, 1.82) is 0 Å². The molecule has 0 fully saturated rings. The fraction of sp³-hybridized carbons (Fsp3) is 0. The standard InChI is InChI=1S/C14H12N4/c1-3-9-17(10-4-1)13-7-8-15-14(16-13)18-11-5-2-6-12-18/h1-12H/q+2. The molecule has 4 heteroatoms. The molecule has 0 aliphatic heterocycles. The minimum atomic E-state index is 0.657. The van der Waals surface area contributed by atoms with Gasteiger partial charge in [0.2, 0.25) is 0 Å². The van der Waals surface area contributed by atoms with Gasteiger partial charge in [-0.3, -0.25) is 0 Å². The first-order valence-electron chi connectivity index (χ1n) is 5.70. The molecule has 0 bridgehead atoms. The zero-order chi connectivity index (χ0) is 12.2. The lowest BCUT2D eigenvalue weighted by atomic mass is 10.4. The van der Waals surface area contributed by atoms with Crippen LogP contribution in [0.4, 0.5) is 0 Å². The van der Waals surface area contributed by atoms with E-state index in [2.05, 4.69) is 9.97 Å². The Labute approximate surface area is 105 Å². The second-order valence-electron chi connectivity index (χ2n) is 3.78. The number of rotatable bonds is 2. The monoisotopic (exact) mass is 236 g/mol. The van der Waals surface area contributed by atoms with Crippen LogP contribution in [0.15, 0.2) is 73.4 Å². The Hall–Kier alpha value is -2.62. The Morgan fingerprint density at radius 2 is 1.33 bits per heavy atom. The minimum Gasteiger partial charge on any atom is -0.210 e. The summed E-state index contributed by atoms with van der Waals surface area (Å²) in [5.41, 5.74) is 0. The molecule has 0 spiro atoms. The number of pyridine rings is 2. The van der Waals surface area contributed by atoms with E-state index in [9.17, 15) is 0 Å². The molecule has 86 valence electrons. The van der Waals surface area contributed by atoms with Crippen molar-refractivity contribution < 1.29 is 9.13 Å². The lowest BCUT2D eigenvalue weighted by molar-refractivity contribution is -0.614. The molecule has 4 nitrogen and oxygen atoms in total. The van der Waals surface area contributed by atoms with Crippen molar-refractivity contribution in [2.75, 3.05) is 0 Å². The fourth-order valence-corrected chi connectivity index (χ4v) is 1.69. The SMILES string of the molecule is c1cc[n+](-c2ccnc(-[n+]3ccccc3)n2)cc1. The highest BCUT2D eigenvalue weighted by molar-refractivity contribution is 5.12. The van der Waals surface area contributed by atoms with Gasteiger partial charge in [-0.05, 0) is 29.2 Å². The summed E-state index contributed by atoms with van der Waals surface area (Å²) >= 11 is 0. The van der Waals surface area contributed by atoms with E-state index in [1.807, 2.05) is 76.4 Å². The van der Waals surface area contributed by atoms with Crippen LogP contribution in [-0.2, 0) is 0 Å². The normalized spacial score (nSPS) is 10.2. The number of nitrogens with zero attached hydrogens (tertiary/aromatic N) is 4. The highest BCUT2D eigenvalue weighted by atomic mass is 15.2. The molecule has 3 rings (SSSR count). The summed E-state index contributed by atoms with van der Waals surface area (Å²) in [5.74, 6) is 1.50. The van der Waals surface area contributed by atoms with Crippen molar-refractivity contribution in [3.63, 3.8) is 0 Å². The second-order valence-corrected chi connectivity index (χ2v) is 3.78. The molecule has 0 amide bonds. The smallest absolute Gasteiger partial charge is 0.210 e. The van der Waals surface area contributed by atoms with Crippen LogP contribution in [0.1, 0.15) is 0 Å². The van der Waals surface area contributed by atoms with Crippen molar-refractivity contribution in [2.24, 2.45) is 0 Å². The van der Waals surface area contributed by atoms with E-state index in [0.29, 0.717) is 5.95 Å². The molecular weight excluding hydrogens is 224 g/mol. The number of hydrogen-bond acceptors (Lipinski definition) is 2. The third-order valence-electron chi connectivity index (χ3n) is 2.55. The van der Waals surface area contributed by atoms with Crippen molar-refractivity contribution in [3.05, 3.63) is 73.4 Å². The summed E-state index contributed by atoms with van der Waals surface area (Å²) in [6, 6.07) is 13.7. The minimum absolute atomic E-state index is 0.657. The Kier molecular flexibility index (Phi) is 2.75. The van der Waals surface area contributed by atoms with E-state index < -0.39 is 0 Å².